The Labute approximate surface area is 161 Å². The molecule has 2 aromatic carbocycles. The number of rotatable bonds is 5. The van der Waals surface area contributed by atoms with Crippen molar-refractivity contribution in [3.8, 4) is 17.6 Å². The van der Waals surface area contributed by atoms with Crippen molar-refractivity contribution in [1.29, 1.82) is 5.26 Å². The van der Waals surface area contributed by atoms with Gasteiger partial charge in [-0.25, -0.2) is 4.99 Å². The molecule has 7 nitrogen and oxygen atoms in total. The van der Waals surface area contributed by atoms with Crippen molar-refractivity contribution in [2.45, 2.75) is 6.17 Å². The van der Waals surface area contributed by atoms with Crippen LogP contribution in [0.3, 0.4) is 0 Å². The van der Waals surface area contributed by atoms with Crippen LogP contribution in [0.25, 0.3) is 5.82 Å². The number of nitrogens with two attached hydrogens (primary N) is 1. The van der Waals surface area contributed by atoms with Gasteiger partial charge >= 0.3 is 0 Å². The highest BCUT2D eigenvalue weighted by Crippen LogP contribution is 2.26. The van der Waals surface area contributed by atoms with Crippen molar-refractivity contribution < 1.29 is 13.9 Å². The van der Waals surface area contributed by atoms with Crippen molar-refractivity contribution in [1.82, 2.24) is 0 Å². The fraction of sp³-hybridized carbons (Fsp3) is 0.143. The van der Waals surface area contributed by atoms with Crippen LogP contribution in [0.1, 0.15) is 5.56 Å². The minimum Gasteiger partial charge on any atom is -0.497 e. The van der Waals surface area contributed by atoms with E-state index in [-0.39, 0.29) is 6.61 Å². The zero-order chi connectivity index (χ0) is 19.5. The molecule has 0 bridgehead atoms. The summed E-state index contributed by atoms with van der Waals surface area (Å²) in [5.74, 6) is 1.76. The van der Waals surface area contributed by atoms with Crippen LogP contribution in [0.15, 0.2) is 70.3 Å². The van der Waals surface area contributed by atoms with E-state index in [1.165, 1.54) is 0 Å². The predicted molar refractivity (Wildman–Crippen MR) is 103 cm³/mol. The summed E-state index contributed by atoms with van der Waals surface area (Å²) in [5, 5.41) is 9.99. The van der Waals surface area contributed by atoms with Gasteiger partial charge in [0.1, 0.15) is 30.0 Å². The minimum absolute atomic E-state index is 0.186. The van der Waals surface area contributed by atoms with Crippen molar-refractivity contribution >= 4 is 11.5 Å². The number of hydrogen-bond acceptors (Lipinski definition) is 7. The molecular formula is C21H18N4O3. The second-order valence-electron chi connectivity index (χ2n) is 6.12. The van der Waals surface area contributed by atoms with Gasteiger partial charge in [0.05, 0.1) is 24.2 Å². The molecule has 1 aliphatic heterocycles. The van der Waals surface area contributed by atoms with Gasteiger partial charge in [-0.3, -0.25) is 0 Å². The van der Waals surface area contributed by atoms with E-state index in [4.69, 9.17) is 19.6 Å². The topological polar surface area (TPSA) is 97.0 Å². The lowest BCUT2D eigenvalue weighted by Crippen LogP contribution is -2.49. The number of para-hydroxylation sites is 1. The first kappa shape index (κ1) is 17.5. The molecule has 1 atom stereocenters. The van der Waals surface area contributed by atoms with Crippen LogP contribution in [0.2, 0.25) is 0 Å². The first-order valence-electron chi connectivity index (χ1n) is 8.67. The maximum absolute atomic E-state index is 9.26. The van der Waals surface area contributed by atoms with Crippen molar-refractivity contribution in [2.75, 3.05) is 18.6 Å². The summed E-state index contributed by atoms with van der Waals surface area (Å²) in [7, 11) is 1.62. The molecule has 1 aromatic heterocycles. The van der Waals surface area contributed by atoms with E-state index in [1.807, 2.05) is 35.2 Å². The number of anilines is 1. The average molecular weight is 374 g/mol. The Hall–Kier alpha value is -3.92. The van der Waals surface area contributed by atoms with Crippen molar-refractivity contribution in [3.63, 3.8) is 0 Å². The van der Waals surface area contributed by atoms with E-state index < -0.39 is 6.17 Å². The molecule has 0 spiro atoms. The SMILES string of the molecule is COc1ccc(N2C(N)=c3ccoc3=NC2COc2ccccc2C#N)cc1. The van der Waals surface area contributed by atoms with Crippen LogP contribution >= 0.6 is 0 Å². The van der Waals surface area contributed by atoms with E-state index in [2.05, 4.69) is 11.1 Å². The molecule has 28 heavy (non-hydrogen) atoms. The van der Waals surface area contributed by atoms with Gasteiger partial charge in [-0.15, -0.1) is 0 Å². The lowest BCUT2D eigenvalue weighted by molar-refractivity contribution is 0.283. The number of fused-ring (bicyclic) bond motifs is 1. The molecule has 4 rings (SSSR count). The Bertz CT molecular complexity index is 1150. The molecule has 3 aromatic rings. The standard InChI is InChI=1S/C21H18N4O3/c1-26-16-8-6-15(7-9-16)25-19(24-21-17(20(25)23)10-11-27-21)13-28-18-5-3-2-4-14(18)12-22/h2-11,19H,13,23H2,1H3. The molecule has 1 aliphatic rings. The second-order valence-corrected chi connectivity index (χ2v) is 6.12. The highest BCUT2D eigenvalue weighted by atomic mass is 16.5. The molecular weight excluding hydrogens is 356 g/mol. The van der Waals surface area contributed by atoms with Gasteiger partial charge in [-0.1, -0.05) is 12.1 Å². The third-order valence-corrected chi connectivity index (χ3v) is 4.49. The maximum atomic E-state index is 9.26. The van der Waals surface area contributed by atoms with Crippen LogP contribution in [0, 0.1) is 11.3 Å². The summed E-state index contributed by atoms with van der Waals surface area (Å²) in [6.07, 6.45) is 1.10. The second kappa shape index (κ2) is 7.37. The molecule has 140 valence electrons. The van der Waals surface area contributed by atoms with Gasteiger partial charge in [0.2, 0.25) is 5.55 Å². The highest BCUT2D eigenvalue weighted by Gasteiger charge is 2.26. The zero-order valence-electron chi connectivity index (χ0n) is 15.2. The molecule has 0 fully saturated rings. The fourth-order valence-corrected chi connectivity index (χ4v) is 3.09. The van der Waals surface area contributed by atoms with Gasteiger partial charge in [0.25, 0.3) is 0 Å². The zero-order valence-corrected chi connectivity index (χ0v) is 15.2. The molecule has 0 amide bonds. The van der Waals surface area contributed by atoms with Crippen LogP contribution < -0.4 is 30.9 Å². The number of benzene rings is 2. The first-order valence-corrected chi connectivity index (χ1v) is 8.67. The average Bonchev–Trinajstić information content (AvgIpc) is 3.22. The third kappa shape index (κ3) is 3.12. The lowest BCUT2D eigenvalue weighted by Gasteiger charge is -2.32. The third-order valence-electron chi connectivity index (χ3n) is 4.49. The maximum Gasteiger partial charge on any atom is 0.227 e. The molecule has 2 N–H and O–H groups in total. The number of nitriles is 1. The van der Waals surface area contributed by atoms with Gasteiger partial charge in [-0.2, -0.15) is 5.26 Å². The fourth-order valence-electron chi connectivity index (χ4n) is 3.09. The van der Waals surface area contributed by atoms with E-state index >= 15 is 0 Å². The van der Waals surface area contributed by atoms with Crippen molar-refractivity contribution in [3.05, 3.63) is 77.2 Å². The monoisotopic (exact) mass is 374 g/mol. The minimum atomic E-state index is -0.459. The molecule has 2 heterocycles. The Morgan fingerprint density at radius 3 is 2.71 bits per heavy atom. The lowest BCUT2D eigenvalue weighted by atomic mass is 10.2. The van der Waals surface area contributed by atoms with E-state index in [0.29, 0.717) is 22.7 Å². The van der Waals surface area contributed by atoms with Gasteiger partial charge in [0.15, 0.2) is 6.17 Å². The predicted octanol–water partition coefficient (Wildman–Crippen LogP) is 1.73. The smallest absolute Gasteiger partial charge is 0.227 e. The molecule has 7 heteroatoms. The first-order chi connectivity index (χ1) is 13.7. The Morgan fingerprint density at radius 2 is 1.96 bits per heavy atom. The van der Waals surface area contributed by atoms with Gasteiger partial charge in [0, 0.05) is 5.69 Å². The summed E-state index contributed by atoms with van der Waals surface area (Å²) in [5.41, 5.74) is 8.21. The molecule has 0 radical (unpaired) electrons. The molecule has 0 aliphatic carbocycles. The summed E-state index contributed by atoms with van der Waals surface area (Å²) in [6.45, 7) is 0.186. The Balaban J connectivity index is 1.70. The highest BCUT2D eigenvalue weighted by molar-refractivity contribution is 5.68. The number of methoxy groups -OCH3 is 1. The van der Waals surface area contributed by atoms with E-state index in [1.54, 1.807) is 37.6 Å². The van der Waals surface area contributed by atoms with Crippen molar-refractivity contribution in [2.24, 2.45) is 10.7 Å². The Morgan fingerprint density at radius 1 is 1.18 bits per heavy atom. The normalized spacial score (nSPS) is 15.4. The number of furan rings is 1. The van der Waals surface area contributed by atoms with Crippen LogP contribution in [-0.4, -0.2) is 19.9 Å². The van der Waals surface area contributed by atoms with Crippen LogP contribution in [0.5, 0.6) is 11.5 Å². The summed E-state index contributed by atoms with van der Waals surface area (Å²) >= 11 is 0. The quantitative estimate of drug-likeness (QED) is 0.730. The Kier molecular flexibility index (Phi) is 4.60. The summed E-state index contributed by atoms with van der Waals surface area (Å²) in [4.78, 5) is 6.53. The molecule has 0 saturated carbocycles. The summed E-state index contributed by atoms with van der Waals surface area (Å²) < 4.78 is 16.6. The number of hydrogen-bond donors (Lipinski definition) is 1. The van der Waals surface area contributed by atoms with Crippen LogP contribution in [-0.2, 0) is 0 Å². The molecule has 1 unspecified atom stereocenters. The number of nitrogens with zero attached hydrogens (tertiary/aromatic N) is 3. The van der Waals surface area contributed by atoms with E-state index in [9.17, 15) is 5.26 Å². The largest absolute Gasteiger partial charge is 0.497 e. The molecule has 0 saturated heterocycles. The van der Waals surface area contributed by atoms with Crippen LogP contribution in [0.4, 0.5) is 5.69 Å². The summed E-state index contributed by atoms with van der Waals surface area (Å²) in [6, 6.07) is 18.5. The number of ether oxygens (including phenoxy) is 2. The van der Waals surface area contributed by atoms with Gasteiger partial charge < -0.3 is 24.5 Å². The van der Waals surface area contributed by atoms with E-state index in [0.717, 1.165) is 16.7 Å². The van der Waals surface area contributed by atoms with Gasteiger partial charge in [-0.05, 0) is 42.5 Å².